The number of nitrogens with zero attached hydrogens (tertiary/aromatic N) is 1. The van der Waals surface area contributed by atoms with Crippen LogP contribution in [-0.4, -0.2) is 41.5 Å². The highest BCUT2D eigenvalue weighted by Gasteiger charge is 2.53. The number of rotatable bonds is 14. The van der Waals surface area contributed by atoms with Crippen molar-refractivity contribution >= 4 is 15.2 Å². The Morgan fingerprint density at radius 1 is 0.730 bits per heavy atom. The minimum Gasteiger partial charge on any atom is -0.305 e. The maximum Gasteiger partial charge on any atom is 0.346 e. The molecule has 0 N–H and O–H groups in total. The summed E-state index contributed by atoms with van der Waals surface area (Å²) in [6, 6.07) is 3.67. The van der Waals surface area contributed by atoms with Gasteiger partial charge in [-0.25, -0.2) is 0 Å². The standard InChI is InChI=1S/C27H50FNO6P2/c1-18(2)32-36(30,33-19(3)4)25(37(31,34-20(5)6)35-21(7)8)16-22-14-23(26(9,10)11)29-24(15-22)27(12,13)17-28/h14-15,18-21,25H,16-17H2,1-13H3. The van der Waals surface area contributed by atoms with Crippen LogP contribution < -0.4 is 0 Å². The van der Waals surface area contributed by atoms with Gasteiger partial charge in [-0.3, -0.25) is 18.5 Å². The summed E-state index contributed by atoms with van der Waals surface area (Å²) in [5, 5.41) is -1.24. The predicted molar refractivity (Wildman–Crippen MR) is 150 cm³/mol. The molecule has 37 heavy (non-hydrogen) atoms. The normalized spacial score (nSPS) is 14.1. The van der Waals surface area contributed by atoms with E-state index in [1.165, 1.54) is 0 Å². The van der Waals surface area contributed by atoms with Gasteiger partial charge in [-0.05, 0) is 79.5 Å². The average molecular weight is 566 g/mol. The van der Waals surface area contributed by atoms with Gasteiger partial charge in [0.05, 0.1) is 24.4 Å². The first-order chi connectivity index (χ1) is 16.6. The first kappa shape index (κ1) is 34.4. The molecule has 0 atom stereocenters. The van der Waals surface area contributed by atoms with Gasteiger partial charge in [-0.1, -0.05) is 34.6 Å². The van der Waals surface area contributed by atoms with Crippen molar-refractivity contribution in [3.8, 4) is 0 Å². The summed E-state index contributed by atoms with van der Waals surface area (Å²) in [6.45, 7) is 23.0. The Kier molecular flexibility index (Phi) is 12.2. The summed E-state index contributed by atoms with van der Waals surface area (Å²) in [5.41, 5.74) is 0.802. The molecule has 7 nitrogen and oxygen atoms in total. The molecule has 0 aromatic carbocycles. The van der Waals surface area contributed by atoms with Gasteiger partial charge in [0, 0.05) is 22.2 Å². The SMILES string of the molecule is CC(C)OP(=O)(OC(C)C)C(Cc1cc(C(C)(C)C)nc(C(C)(C)CF)c1)P(=O)(OC(C)C)OC(C)C. The molecule has 0 spiro atoms. The lowest BCUT2D eigenvalue weighted by molar-refractivity contribution is 0.122. The van der Waals surface area contributed by atoms with Gasteiger partial charge in [-0.15, -0.1) is 0 Å². The molecule has 10 heteroatoms. The molecule has 1 aromatic rings. The minimum atomic E-state index is -4.07. The van der Waals surface area contributed by atoms with Crippen LogP contribution in [-0.2, 0) is 44.5 Å². The Bertz CT molecular complexity index is 906. The Balaban J connectivity index is 3.95. The molecule has 0 fully saturated rings. The Hall–Kier alpha value is -0.620. The van der Waals surface area contributed by atoms with Gasteiger partial charge in [-0.2, -0.15) is 0 Å². The maximum absolute atomic E-state index is 14.5. The zero-order valence-corrected chi connectivity index (χ0v) is 26.9. The van der Waals surface area contributed by atoms with E-state index in [0.29, 0.717) is 11.3 Å². The van der Waals surface area contributed by atoms with Gasteiger partial charge in [0.2, 0.25) is 0 Å². The number of alkyl halides is 1. The summed E-state index contributed by atoms with van der Waals surface area (Å²) in [5.74, 6) is 0. The summed E-state index contributed by atoms with van der Waals surface area (Å²) in [7, 11) is -8.13. The molecule has 0 amide bonds. The molecular weight excluding hydrogens is 515 g/mol. The lowest BCUT2D eigenvalue weighted by Crippen LogP contribution is -2.27. The summed E-state index contributed by atoms with van der Waals surface area (Å²) in [6.07, 6.45) is -1.87. The Morgan fingerprint density at radius 3 is 1.38 bits per heavy atom. The molecule has 1 heterocycles. The molecule has 0 bridgehead atoms. The largest absolute Gasteiger partial charge is 0.346 e. The van der Waals surface area contributed by atoms with Crippen molar-refractivity contribution in [3.05, 3.63) is 29.1 Å². The third-order valence-corrected chi connectivity index (χ3v) is 11.6. The molecule has 216 valence electrons. The van der Waals surface area contributed by atoms with Crippen LogP contribution in [0.4, 0.5) is 4.39 Å². The number of aromatic nitrogens is 1. The molecule has 1 rings (SSSR count). The maximum atomic E-state index is 14.5. The van der Waals surface area contributed by atoms with E-state index >= 15 is 0 Å². The van der Waals surface area contributed by atoms with E-state index in [2.05, 4.69) is 0 Å². The lowest BCUT2D eigenvalue weighted by Gasteiger charge is -2.35. The van der Waals surface area contributed by atoms with E-state index in [-0.39, 0.29) is 11.8 Å². The van der Waals surface area contributed by atoms with Crippen molar-refractivity contribution in [3.63, 3.8) is 0 Å². The van der Waals surface area contributed by atoms with Crippen LogP contribution in [0.3, 0.4) is 0 Å². The second kappa shape index (κ2) is 13.2. The first-order valence-corrected chi connectivity index (χ1v) is 16.4. The van der Waals surface area contributed by atoms with Crippen molar-refractivity contribution in [2.75, 3.05) is 6.67 Å². The van der Waals surface area contributed by atoms with E-state index in [0.717, 1.165) is 5.69 Å². The average Bonchev–Trinajstić information content (AvgIpc) is 2.68. The summed E-state index contributed by atoms with van der Waals surface area (Å²) < 4.78 is 66.8. The summed E-state index contributed by atoms with van der Waals surface area (Å²) in [4.78, 5) is 4.77. The molecule has 0 unspecified atom stereocenters. The van der Waals surface area contributed by atoms with Crippen molar-refractivity contribution in [1.82, 2.24) is 4.98 Å². The van der Waals surface area contributed by atoms with Gasteiger partial charge < -0.3 is 18.1 Å². The fourth-order valence-corrected chi connectivity index (χ4v) is 9.54. The van der Waals surface area contributed by atoms with Crippen LogP contribution in [0, 0.1) is 0 Å². The smallest absolute Gasteiger partial charge is 0.305 e. The molecule has 0 radical (unpaired) electrons. The zero-order valence-electron chi connectivity index (χ0n) is 25.1. The van der Waals surface area contributed by atoms with E-state index in [9.17, 15) is 13.5 Å². The van der Waals surface area contributed by atoms with Crippen LogP contribution in [0.5, 0.6) is 0 Å². The van der Waals surface area contributed by atoms with Gasteiger partial charge in [0.15, 0.2) is 5.40 Å². The molecule has 0 aliphatic heterocycles. The Labute approximate surface area is 224 Å². The van der Waals surface area contributed by atoms with E-state index in [1.54, 1.807) is 75.3 Å². The fraction of sp³-hybridized carbons (Fsp3) is 0.815. The second-order valence-electron chi connectivity index (χ2n) is 12.4. The van der Waals surface area contributed by atoms with Crippen LogP contribution in [0.2, 0.25) is 0 Å². The molecule has 0 aliphatic rings. The van der Waals surface area contributed by atoms with Crippen LogP contribution in [0.15, 0.2) is 12.1 Å². The van der Waals surface area contributed by atoms with Crippen LogP contribution >= 0.6 is 15.2 Å². The number of hydrogen-bond donors (Lipinski definition) is 0. The third kappa shape index (κ3) is 10.1. The predicted octanol–water partition coefficient (Wildman–Crippen LogP) is 8.58. The van der Waals surface area contributed by atoms with Gasteiger partial charge in [0.1, 0.15) is 6.67 Å². The summed E-state index contributed by atoms with van der Waals surface area (Å²) >= 11 is 0. The van der Waals surface area contributed by atoms with E-state index in [1.807, 2.05) is 26.8 Å². The monoisotopic (exact) mass is 565 g/mol. The van der Waals surface area contributed by atoms with Gasteiger partial charge in [0.25, 0.3) is 0 Å². The fourth-order valence-electron chi connectivity index (χ4n) is 3.62. The zero-order chi connectivity index (χ0) is 29.0. The highest BCUT2D eigenvalue weighted by molar-refractivity contribution is 7.72. The second-order valence-corrected chi connectivity index (χ2v) is 17.1. The highest BCUT2D eigenvalue weighted by Crippen LogP contribution is 2.72. The molecule has 0 saturated heterocycles. The quantitative estimate of drug-likeness (QED) is 0.209. The van der Waals surface area contributed by atoms with E-state index in [4.69, 9.17) is 23.1 Å². The minimum absolute atomic E-state index is 0.00833. The highest BCUT2D eigenvalue weighted by atomic mass is 31.2. The topological polar surface area (TPSA) is 84.0 Å². The van der Waals surface area contributed by atoms with Gasteiger partial charge >= 0.3 is 15.2 Å². The number of halogens is 1. The van der Waals surface area contributed by atoms with Crippen molar-refractivity contribution in [1.29, 1.82) is 0 Å². The van der Waals surface area contributed by atoms with Crippen molar-refractivity contribution < 1.29 is 31.6 Å². The number of pyridine rings is 1. The first-order valence-electron chi connectivity index (χ1n) is 13.2. The van der Waals surface area contributed by atoms with Crippen LogP contribution in [0.1, 0.15) is 107 Å². The van der Waals surface area contributed by atoms with Crippen molar-refractivity contribution in [2.24, 2.45) is 0 Å². The molecule has 0 aliphatic carbocycles. The third-order valence-electron chi connectivity index (χ3n) is 5.26. The number of hydrogen-bond acceptors (Lipinski definition) is 7. The van der Waals surface area contributed by atoms with E-state index < -0.39 is 57.1 Å². The Morgan fingerprint density at radius 2 is 1.08 bits per heavy atom. The molecule has 0 saturated carbocycles. The lowest BCUT2D eigenvalue weighted by atomic mass is 9.85. The molecule has 1 aromatic heterocycles. The molecular formula is C27H50FNO6P2. The van der Waals surface area contributed by atoms with Crippen molar-refractivity contribution in [2.45, 2.75) is 137 Å². The van der Waals surface area contributed by atoms with Crippen LogP contribution in [0.25, 0.3) is 0 Å².